The Morgan fingerprint density at radius 2 is 2.04 bits per heavy atom. The van der Waals surface area contributed by atoms with E-state index in [1.807, 2.05) is 18.2 Å². The van der Waals surface area contributed by atoms with Gasteiger partial charge in [-0.3, -0.25) is 5.32 Å². The fourth-order valence-electron chi connectivity index (χ4n) is 2.54. The van der Waals surface area contributed by atoms with Crippen LogP contribution in [0.1, 0.15) is 28.6 Å². The Labute approximate surface area is 134 Å². The van der Waals surface area contributed by atoms with Crippen LogP contribution in [0.15, 0.2) is 47.2 Å². The van der Waals surface area contributed by atoms with Crippen molar-refractivity contribution in [1.82, 2.24) is 20.3 Å². The van der Waals surface area contributed by atoms with Gasteiger partial charge in [-0.15, -0.1) is 0 Å². The third-order valence-corrected chi connectivity index (χ3v) is 3.58. The van der Waals surface area contributed by atoms with E-state index in [1.54, 1.807) is 23.3 Å². The predicted octanol–water partition coefficient (Wildman–Crippen LogP) is 2.30. The van der Waals surface area contributed by atoms with E-state index in [9.17, 15) is 5.11 Å². The van der Waals surface area contributed by atoms with Crippen LogP contribution in [0, 0.1) is 13.8 Å². The molecule has 120 valence electrons. The molecule has 3 aromatic rings. The fraction of sp³-hybridized carbons (Fsp3) is 0.294. The SMILES string of the molecule is Cc1cc(C)cc(-n2ncc(CNC(CO)c3ccco3)n2)c1. The van der Waals surface area contributed by atoms with Gasteiger partial charge in [0.25, 0.3) is 0 Å². The quantitative estimate of drug-likeness (QED) is 0.730. The van der Waals surface area contributed by atoms with E-state index in [1.165, 1.54) is 11.1 Å². The molecular weight excluding hydrogens is 292 g/mol. The second-order valence-electron chi connectivity index (χ2n) is 5.60. The van der Waals surface area contributed by atoms with Crippen molar-refractivity contribution in [2.75, 3.05) is 6.61 Å². The zero-order chi connectivity index (χ0) is 16.2. The molecule has 0 saturated carbocycles. The molecule has 3 rings (SSSR count). The molecule has 2 heterocycles. The Balaban J connectivity index is 1.69. The van der Waals surface area contributed by atoms with E-state index >= 15 is 0 Å². The summed E-state index contributed by atoms with van der Waals surface area (Å²) in [5, 5.41) is 21.5. The summed E-state index contributed by atoms with van der Waals surface area (Å²) in [5.41, 5.74) is 4.10. The van der Waals surface area contributed by atoms with Crippen LogP contribution in [0.25, 0.3) is 5.69 Å². The molecule has 0 aliphatic heterocycles. The minimum atomic E-state index is -0.253. The van der Waals surface area contributed by atoms with Gasteiger partial charge in [-0.25, -0.2) is 0 Å². The molecule has 1 aromatic carbocycles. The minimum Gasteiger partial charge on any atom is -0.468 e. The zero-order valence-corrected chi connectivity index (χ0v) is 13.2. The molecule has 0 aliphatic carbocycles. The van der Waals surface area contributed by atoms with Crippen molar-refractivity contribution < 1.29 is 9.52 Å². The van der Waals surface area contributed by atoms with Crippen molar-refractivity contribution >= 4 is 0 Å². The molecule has 6 nitrogen and oxygen atoms in total. The van der Waals surface area contributed by atoms with Gasteiger partial charge >= 0.3 is 0 Å². The lowest BCUT2D eigenvalue weighted by Crippen LogP contribution is -2.23. The lowest BCUT2D eigenvalue weighted by Gasteiger charge is -2.12. The fourth-order valence-corrected chi connectivity index (χ4v) is 2.54. The number of aliphatic hydroxyl groups is 1. The van der Waals surface area contributed by atoms with Crippen molar-refractivity contribution in [2.24, 2.45) is 0 Å². The number of aromatic nitrogens is 3. The summed E-state index contributed by atoms with van der Waals surface area (Å²) in [7, 11) is 0. The number of aryl methyl sites for hydroxylation is 2. The third-order valence-electron chi connectivity index (χ3n) is 3.58. The molecule has 0 saturated heterocycles. The van der Waals surface area contributed by atoms with Crippen molar-refractivity contribution in [2.45, 2.75) is 26.4 Å². The molecule has 0 bridgehead atoms. The summed E-state index contributed by atoms with van der Waals surface area (Å²) >= 11 is 0. The molecule has 2 aromatic heterocycles. The molecule has 0 amide bonds. The van der Waals surface area contributed by atoms with Crippen molar-refractivity contribution in [3.8, 4) is 5.69 Å². The molecular formula is C17H20N4O2. The van der Waals surface area contributed by atoms with Crippen LogP contribution in [0.4, 0.5) is 0 Å². The van der Waals surface area contributed by atoms with E-state index < -0.39 is 0 Å². The lowest BCUT2D eigenvalue weighted by molar-refractivity contribution is 0.225. The molecule has 23 heavy (non-hydrogen) atoms. The molecule has 0 aliphatic rings. The number of rotatable bonds is 6. The molecule has 1 unspecified atom stereocenters. The van der Waals surface area contributed by atoms with Crippen molar-refractivity contribution in [3.63, 3.8) is 0 Å². The van der Waals surface area contributed by atoms with Gasteiger partial charge in [-0.2, -0.15) is 15.0 Å². The molecule has 0 fully saturated rings. The maximum Gasteiger partial charge on any atom is 0.123 e. The molecule has 0 spiro atoms. The highest BCUT2D eigenvalue weighted by atomic mass is 16.3. The molecule has 0 radical (unpaired) electrons. The van der Waals surface area contributed by atoms with Crippen LogP contribution in [-0.4, -0.2) is 26.7 Å². The Morgan fingerprint density at radius 1 is 1.26 bits per heavy atom. The van der Waals surface area contributed by atoms with E-state index in [2.05, 4.69) is 35.4 Å². The van der Waals surface area contributed by atoms with Gasteiger partial charge in [0.2, 0.25) is 0 Å². The summed E-state index contributed by atoms with van der Waals surface area (Å²) < 4.78 is 5.31. The zero-order valence-electron chi connectivity index (χ0n) is 13.2. The predicted molar refractivity (Wildman–Crippen MR) is 86.2 cm³/mol. The van der Waals surface area contributed by atoms with Crippen LogP contribution < -0.4 is 5.32 Å². The van der Waals surface area contributed by atoms with Gasteiger partial charge < -0.3 is 9.52 Å². The maximum atomic E-state index is 9.46. The van der Waals surface area contributed by atoms with Crippen LogP contribution in [0.3, 0.4) is 0 Å². The number of furan rings is 1. The van der Waals surface area contributed by atoms with Crippen molar-refractivity contribution in [1.29, 1.82) is 0 Å². The second kappa shape index (κ2) is 6.76. The molecule has 1 atom stereocenters. The third kappa shape index (κ3) is 3.67. The first-order chi connectivity index (χ1) is 11.2. The first-order valence-corrected chi connectivity index (χ1v) is 7.53. The van der Waals surface area contributed by atoms with E-state index in [-0.39, 0.29) is 12.6 Å². The van der Waals surface area contributed by atoms with Crippen LogP contribution in [-0.2, 0) is 6.54 Å². The smallest absolute Gasteiger partial charge is 0.123 e. The maximum absolute atomic E-state index is 9.46. The molecule has 6 heteroatoms. The first kappa shape index (κ1) is 15.5. The summed E-state index contributed by atoms with van der Waals surface area (Å²) in [4.78, 5) is 1.62. The standard InChI is InChI=1S/C17H20N4O2/c1-12-6-13(2)8-15(7-12)21-19-10-14(20-21)9-18-16(11-22)17-4-3-5-23-17/h3-8,10,16,18,22H,9,11H2,1-2H3. The highest BCUT2D eigenvalue weighted by Crippen LogP contribution is 2.14. The second-order valence-corrected chi connectivity index (χ2v) is 5.60. The van der Waals surface area contributed by atoms with Gasteiger partial charge in [0.1, 0.15) is 5.76 Å². The molecule has 2 N–H and O–H groups in total. The first-order valence-electron chi connectivity index (χ1n) is 7.53. The van der Waals surface area contributed by atoms with Crippen LogP contribution in [0.5, 0.6) is 0 Å². The number of nitrogens with one attached hydrogen (secondary N) is 1. The Bertz CT molecular complexity index is 745. The lowest BCUT2D eigenvalue weighted by atomic mass is 10.1. The van der Waals surface area contributed by atoms with E-state index in [0.29, 0.717) is 12.3 Å². The van der Waals surface area contributed by atoms with Gasteiger partial charge in [-0.1, -0.05) is 6.07 Å². The number of aliphatic hydroxyl groups excluding tert-OH is 1. The highest BCUT2D eigenvalue weighted by Gasteiger charge is 2.13. The van der Waals surface area contributed by atoms with E-state index in [4.69, 9.17) is 4.42 Å². The minimum absolute atomic E-state index is 0.0429. The average Bonchev–Trinajstić information content (AvgIpc) is 3.18. The average molecular weight is 312 g/mol. The Kier molecular flexibility index (Phi) is 4.55. The van der Waals surface area contributed by atoms with Gasteiger partial charge in [0.15, 0.2) is 0 Å². The normalized spacial score (nSPS) is 12.5. The Morgan fingerprint density at radius 3 is 2.70 bits per heavy atom. The van der Waals surface area contributed by atoms with Gasteiger partial charge in [0.05, 0.1) is 36.5 Å². The van der Waals surface area contributed by atoms with Gasteiger partial charge in [0, 0.05) is 6.54 Å². The van der Waals surface area contributed by atoms with Crippen LogP contribution in [0.2, 0.25) is 0 Å². The van der Waals surface area contributed by atoms with Gasteiger partial charge in [-0.05, 0) is 49.2 Å². The summed E-state index contributed by atoms with van der Waals surface area (Å²) in [6.45, 7) is 4.56. The van der Waals surface area contributed by atoms with Crippen molar-refractivity contribution in [3.05, 3.63) is 65.4 Å². The summed E-state index contributed by atoms with van der Waals surface area (Å²) in [6, 6.07) is 9.59. The van der Waals surface area contributed by atoms with E-state index in [0.717, 1.165) is 11.4 Å². The summed E-state index contributed by atoms with van der Waals surface area (Å²) in [6.07, 6.45) is 3.32. The topological polar surface area (TPSA) is 76.1 Å². The summed E-state index contributed by atoms with van der Waals surface area (Å²) in [5.74, 6) is 0.703. The largest absolute Gasteiger partial charge is 0.468 e. The number of hydrogen-bond acceptors (Lipinski definition) is 5. The number of benzene rings is 1. The Hall–Kier alpha value is -2.44. The monoisotopic (exact) mass is 312 g/mol. The highest BCUT2D eigenvalue weighted by molar-refractivity contribution is 5.37. The number of hydrogen-bond donors (Lipinski definition) is 2. The number of nitrogens with zero attached hydrogens (tertiary/aromatic N) is 3. The van der Waals surface area contributed by atoms with Crippen LogP contribution >= 0.6 is 0 Å².